The van der Waals surface area contributed by atoms with Gasteiger partial charge in [-0.25, -0.2) is 0 Å². The van der Waals surface area contributed by atoms with Crippen LogP contribution >= 0.6 is 0 Å². The monoisotopic (exact) mass is 283 g/mol. The molecule has 1 saturated heterocycles. The maximum Gasteiger partial charge on any atom is 0.239 e. The van der Waals surface area contributed by atoms with Crippen molar-refractivity contribution in [1.82, 2.24) is 15.1 Å². The zero-order chi connectivity index (χ0) is 15.0. The summed E-state index contributed by atoms with van der Waals surface area (Å²) in [4.78, 5) is 17.1. The number of likely N-dealkylation sites (N-methyl/N-ethyl adjacent to an activating group) is 1. The third-order valence-corrected chi connectivity index (χ3v) is 4.09. The van der Waals surface area contributed by atoms with Crippen LogP contribution in [0.25, 0.3) is 0 Å². The Balaban J connectivity index is 2.55. The van der Waals surface area contributed by atoms with Crippen LogP contribution in [0.15, 0.2) is 0 Å². The van der Waals surface area contributed by atoms with Crippen LogP contribution in [-0.2, 0) is 4.79 Å². The molecule has 0 aromatic carbocycles. The van der Waals surface area contributed by atoms with E-state index in [0.717, 1.165) is 45.7 Å². The van der Waals surface area contributed by atoms with E-state index in [1.807, 2.05) is 0 Å². The van der Waals surface area contributed by atoms with Crippen LogP contribution in [0, 0.1) is 5.92 Å². The van der Waals surface area contributed by atoms with Crippen LogP contribution in [-0.4, -0.2) is 61.0 Å². The Morgan fingerprint density at radius 1 is 1.20 bits per heavy atom. The van der Waals surface area contributed by atoms with E-state index < -0.39 is 0 Å². The van der Waals surface area contributed by atoms with Gasteiger partial charge in [-0.3, -0.25) is 4.79 Å². The van der Waals surface area contributed by atoms with Crippen molar-refractivity contribution in [3.63, 3.8) is 0 Å². The number of hydrogen-bond donors (Lipinski definition) is 1. The van der Waals surface area contributed by atoms with Crippen LogP contribution in [0.2, 0.25) is 0 Å². The van der Waals surface area contributed by atoms with Crippen LogP contribution in [0.5, 0.6) is 0 Å². The van der Waals surface area contributed by atoms with Gasteiger partial charge in [0.05, 0.1) is 6.04 Å². The third-order valence-electron chi connectivity index (χ3n) is 4.09. The molecule has 0 aromatic rings. The van der Waals surface area contributed by atoms with Crippen LogP contribution in [0.3, 0.4) is 0 Å². The van der Waals surface area contributed by atoms with Gasteiger partial charge in [0.1, 0.15) is 0 Å². The second-order valence-electron chi connectivity index (χ2n) is 6.21. The standard InChI is InChI=1S/C16H33N3O/c1-5-18(6-2)11-12-19(13-14(3)4)16(20)15-9-7-8-10-17-15/h14-15,17H,5-13H2,1-4H3/t15-/m0/s1. The van der Waals surface area contributed by atoms with Gasteiger partial charge in [-0.15, -0.1) is 0 Å². The molecule has 118 valence electrons. The van der Waals surface area contributed by atoms with E-state index in [2.05, 4.69) is 42.8 Å². The molecule has 0 radical (unpaired) electrons. The van der Waals surface area contributed by atoms with E-state index in [9.17, 15) is 4.79 Å². The van der Waals surface area contributed by atoms with Crippen LogP contribution < -0.4 is 5.32 Å². The van der Waals surface area contributed by atoms with E-state index in [4.69, 9.17) is 0 Å². The highest BCUT2D eigenvalue weighted by molar-refractivity contribution is 5.82. The fraction of sp³-hybridized carbons (Fsp3) is 0.938. The average Bonchev–Trinajstić information content (AvgIpc) is 2.46. The lowest BCUT2D eigenvalue weighted by Crippen LogP contribution is -2.51. The van der Waals surface area contributed by atoms with E-state index >= 15 is 0 Å². The van der Waals surface area contributed by atoms with Gasteiger partial charge in [0.2, 0.25) is 5.91 Å². The van der Waals surface area contributed by atoms with Crippen molar-refractivity contribution in [3.05, 3.63) is 0 Å². The van der Waals surface area contributed by atoms with E-state index in [0.29, 0.717) is 11.8 Å². The normalized spacial score (nSPS) is 19.6. The Kier molecular flexibility index (Phi) is 8.15. The highest BCUT2D eigenvalue weighted by Gasteiger charge is 2.26. The second kappa shape index (κ2) is 9.35. The summed E-state index contributed by atoms with van der Waals surface area (Å²) in [5.74, 6) is 0.838. The summed E-state index contributed by atoms with van der Waals surface area (Å²) in [6.45, 7) is 14.6. The molecule has 0 bridgehead atoms. The van der Waals surface area contributed by atoms with Crippen LogP contribution in [0.4, 0.5) is 0 Å². The Bertz CT molecular complexity index is 271. The molecule has 1 heterocycles. The van der Waals surface area contributed by atoms with Crippen molar-refractivity contribution in [3.8, 4) is 0 Å². The molecule has 4 nitrogen and oxygen atoms in total. The molecule has 1 aliphatic rings. The van der Waals surface area contributed by atoms with E-state index in [1.165, 1.54) is 12.8 Å². The van der Waals surface area contributed by atoms with Gasteiger partial charge >= 0.3 is 0 Å². The van der Waals surface area contributed by atoms with E-state index in [1.54, 1.807) is 0 Å². The predicted molar refractivity (Wildman–Crippen MR) is 84.8 cm³/mol. The minimum atomic E-state index is 0.0548. The molecule has 0 saturated carbocycles. The summed E-state index contributed by atoms with van der Waals surface area (Å²) in [6, 6.07) is 0.0548. The van der Waals surface area contributed by atoms with Gasteiger partial charge in [0, 0.05) is 19.6 Å². The number of amides is 1. The zero-order valence-corrected chi connectivity index (χ0v) is 13.8. The largest absolute Gasteiger partial charge is 0.340 e. The minimum absolute atomic E-state index is 0.0548. The first-order valence-electron chi connectivity index (χ1n) is 8.33. The summed E-state index contributed by atoms with van der Waals surface area (Å²) in [5, 5.41) is 3.38. The number of nitrogens with zero attached hydrogens (tertiary/aromatic N) is 2. The highest BCUT2D eigenvalue weighted by Crippen LogP contribution is 2.11. The predicted octanol–water partition coefficient (Wildman–Crippen LogP) is 1.95. The lowest BCUT2D eigenvalue weighted by molar-refractivity contribution is -0.134. The number of carbonyl (C=O) groups excluding carboxylic acids is 1. The van der Waals surface area contributed by atoms with Crippen molar-refractivity contribution >= 4 is 5.91 Å². The number of carbonyl (C=O) groups is 1. The topological polar surface area (TPSA) is 35.6 Å². The molecule has 4 heteroatoms. The van der Waals surface area contributed by atoms with Gasteiger partial charge in [-0.05, 0) is 38.4 Å². The molecule has 0 spiro atoms. The first kappa shape index (κ1) is 17.4. The second-order valence-corrected chi connectivity index (χ2v) is 6.21. The van der Waals surface area contributed by atoms with Gasteiger partial charge in [-0.2, -0.15) is 0 Å². The SMILES string of the molecule is CCN(CC)CCN(CC(C)C)C(=O)[C@@H]1CCCCN1. The van der Waals surface area contributed by atoms with Crippen molar-refractivity contribution in [2.45, 2.75) is 53.0 Å². The smallest absolute Gasteiger partial charge is 0.239 e. The van der Waals surface area contributed by atoms with Gasteiger partial charge in [-0.1, -0.05) is 34.1 Å². The Labute approximate surface area is 124 Å². The molecule has 1 fully saturated rings. The molecule has 0 unspecified atom stereocenters. The van der Waals surface area contributed by atoms with Crippen molar-refractivity contribution < 1.29 is 4.79 Å². The molecule has 1 atom stereocenters. The number of piperidine rings is 1. The molecule has 1 amide bonds. The number of rotatable bonds is 8. The number of hydrogen-bond acceptors (Lipinski definition) is 3. The molecule has 1 rings (SSSR count). The molecule has 0 aromatic heterocycles. The van der Waals surface area contributed by atoms with Gasteiger partial charge < -0.3 is 15.1 Å². The lowest BCUT2D eigenvalue weighted by atomic mass is 10.0. The highest BCUT2D eigenvalue weighted by atomic mass is 16.2. The molecule has 1 aliphatic heterocycles. The first-order chi connectivity index (χ1) is 9.58. The Morgan fingerprint density at radius 2 is 1.90 bits per heavy atom. The first-order valence-corrected chi connectivity index (χ1v) is 8.33. The maximum atomic E-state index is 12.7. The third kappa shape index (κ3) is 5.80. The maximum absolute atomic E-state index is 12.7. The summed E-state index contributed by atoms with van der Waals surface area (Å²) >= 11 is 0. The Morgan fingerprint density at radius 3 is 2.40 bits per heavy atom. The summed E-state index contributed by atoms with van der Waals surface area (Å²) in [6.07, 6.45) is 3.38. The average molecular weight is 283 g/mol. The fourth-order valence-electron chi connectivity index (χ4n) is 2.82. The fourth-order valence-corrected chi connectivity index (χ4v) is 2.82. The van der Waals surface area contributed by atoms with Crippen LogP contribution in [0.1, 0.15) is 47.0 Å². The van der Waals surface area contributed by atoms with Gasteiger partial charge in [0.25, 0.3) is 0 Å². The van der Waals surface area contributed by atoms with E-state index in [-0.39, 0.29) is 6.04 Å². The molecular formula is C16H33N3O. The molecular weight excluding hydrogens is 250 g/mol. The zero-order valence-electron chi connectivity index (χ0n) is 13.8. The van der Waals surface area contributed by atoms with Crippen molar-refractivity contribution in [2.24, 2.45) is 5.92 Å². The van der Waals surface area contributed by atoms with Crippen molar-refractivity contribution in [1.29, 1.82) is 0 Å². The lowest BCUT2D eigenvalue weighted by Gasteiger charge is -2.32. The molecule has 1 N–H and O–H groups in total. The molecule has 20 heavy (non-hydrogen) atoms. The number of nitrogens with one attached hydrogen (secondary N) is 1. The summed E-state index contributed by atoms with van der Waals surface area (Å²) < 4.78 is 0. The summed E-state index contributed by atoms with van der Waals surface area (Å²) in [5.41, 5.74) is 0. The Hall–Kier alpha value is -0.610. The molecule has 0 aliphatic carbocycles. The van der Waals surface area contributed by atoms with Gasteiger partial charge in [0.15, 0.2) is 0 Å². The minimum Gasteiger partial charge on any atom is -0.340 e. The summed E-state index contributed by atoms with van der Waals surface area (Å²) in [7, 11) is 0. The van der Waals surface area contributed by atoms with Crippen molar-refractivity contribution in [2.75, 3.05) is 39.3 Å². The quantitative estimate of drug-likeness (QED) is 0.739.